The first kappa shape index (κ1) is 39.1. The Bertz CT molecular complexity index is 2280. The van der Waals surface area contributed by atoms with Gasteiger partial charge >= 0.3 is 0 Å². The smallest absolute Gasteiger partial charge is 0.262 e. The van der Waals surface area contributed by atoms with E-state index in [2.05, 4.69) is 20.5 Å². The van der Waals surface area contributed by atoms with E-state index in [1.165, 1.54) is 12.1 Å². The van der Waals surface area contributed by atoms with E-state index in [-0.39, 0.29) is 67.7 Å². The molecule has 5 heterocycles. The predicted octanol–water partition coefficient (Wildman–Crippen LogP) is 2.59. The second-order valence-corrected chi connectivity index (χ2v) is 14.2. The van der Waals surface area contributed by atoms with E-state index in [9.17, 15) is 28.8 Å². The number of imide groups is 2. The highest BCUT2D eigenvalue weighted by molar-refractivity contribution is 6.23. The van der Waals surface area contributed by atoms with Crippen molar-refractivity contribution in [3.8, 4) is 28.4 Å². The highest BCUT2D eigenvalue weighted by atomic mass is 16.5. The summed E-state index contributed by atoms with van der Waals surface area (Å²) in [7, 11) is 4.96. The van der Waals surface area contributed by atoms with Gasteiger partial charge in [-0.2, -0.15) is 0 Å². The lowest BCUT2D eigenvalue weighted by molar-refractivity contribution is -0.136. The van der Waals surface area contributed by atoms with Crippen LogP contribution in [-0.4, -0.2) is 108 Å². The number of carbonyl (C=O) groups is 5. The van der Waals surface area contributed by atoms with E-state index >= 15 is 0 Å². The van der Waals surface area contributed by atoms with Crippen molar-refractivity contribution < 1.29 is 42.9 Å². The Hall–Kier alpha value is -6.13. The predicted molar refractivity (Wildman–Crippen MR) is 206 cm³/mol. The number of hydrogen-bond donors (Lipinski definition) is 2. The van der Waals surface area contributed by atoms with Gasteiger partial charge in [0.15, 0.2) is 0 Å². The summed E-state index contributed by atoms with van der Waals surface area (Å²) in [5, 5.41) is 6.63. The van der Waals surface area contributed by atoms with Crippen LogP contribution in [0.15, 0.2) is 59.8 Å². The number of carbonyl (C=O) groups excluding carboxylic acids is 5. The molecule has 4 aromatic rings. The summed E-state index contributed by atoms with van der Waals surface area (Å²) in [6.45, 7) is 2.56. The number of piperidine rings is 2. The van der Waals surface area contributed by atoms with Crippen LogP contribution in [0.4, 0.5) is 0 Å². The number of ether oxygens (including phenoxy) is 4. The van der Waals surface area contributed by atoms with E-state index in [1.807, 2.05) is 24.4 Å². The summed E-state index contributed by atoms with van der Waals surface area (Å²) in [5.74, 6) is -0.760. The topological polar surface area (TPSA) is 188 Å². The van der Waals surface area contributed by atoms with E-state index < -0.39 is 29.7 Å². The summed E-state index contributed by atoms with van der Waals surface area (Å²) in [6, 6.07) is 9.16. The molecule has 16 nitrogen and oxygen atoms in total. The molecule has 2 fully saturated rings. The van der Waals surface area contributed by atoms with Crippen LogP contribution in [0.5, 0.6) is 17.2 Å². The fraction of sp³-hybridized carbons (Fsp3) is 0.390. The molecule has 0 bridgehead atoms. The monoisotopic (exact) mass is 780 g/mol. The van der Waals surface area contributed by atoms with E-state index in [0.29, 0.717) is 35.7 Å². The molecule has 57 heavy (non-hydrogen) atoms. The van der Waals surface area contributed by atoms with Crippen LogP contribution in [0.3, 0.4) is 0 Å². The molecular weight excluding hydrogens is 736 g/mol. The number of aromatic nitrogens is 2. The van der Waals surface area contributed by atoms with Gasteiger partial charge in [0.25, 0.3) is 17.4 Å². The third kappa shape index (κ3) is 8.23. The van der Waals surface area contributed by atoms with Crippen LogP contribution in [0.25, 0.3) is 21.9 Å². The minimum absolute atomic E-state index is 0.0426. The molecule has 298 valence electrons. The van der Waals surface area contributed by atoms with Crippen molar-refractivity contribution in [3.05, 3.63) is 82.0 Å². The Balaban J connectivity index is 0.877. The molecule has 16 heteroatoms. The van der Waals surface area contributed by atoms with Gasteiger partial charge in [0.2, 0.25) is 17.7 Å². The third-order valence-electron chi connectivity index (χ3n) is 10.5. The Labute approximate surface area is 328 Å². The fourth-order valence-electron chi connectivity index (χ4n) is 7.70. The van der Waals surface area contributed by atoms with E-state index in [4.69, 9.17) is 18.9 Å². The van der Waals surface area contributed by atoms with Crippen LogP contribution in [0.2, 0.25) is 0 Å². The number of amides is 5. The summed E-state index contributed by atoms with van der Waals surface area (Å²) in [5.41, 5.74) is 2.75. The lowest BCUT2D eigenvalue weighted by Crippen LogP contribution is -2.54. The first-order chi connectivity index (χ1) is 27.6. The molecule has 0 saturated carbocycles. The van der Waals surface area contributed by atoms with E-state index in [1.54, 1.807) is 44.3 Å². The van der Waals surface area contributed by atoms with Crippen LogP contribution in [-0.2, 0) is 32.7 Å². The van der Waals surface area contributed by atoms with Gasteiger partial charge in [-0.1, -0.05) is 0 Å². The zero-order chi connectivity index (χ0) is 40.2. The number of pyridine rings is 2. The van der Waals surface area contributed by atoms with Crippen LogP contribution < -0.4 is 30.4 Å². The third-order valence-corrected chi connectivity index (χ3v) is 10.5. The van der Waals surface area contributed by atoms with Crippen molar-refractivity contribution in [1.29, 1.82) is 0 Å². The molecule has 2 N–H and O–H groups in total. The zero-order valence-corrected chi connectivity index (χ0v) is 32.0. The van der Waals surface area contributed by atoms with Crippen molar-refractivity contribution in [2.45, 2.75) is 50.7 Å². The van der Waals surface area contributed by atoms with E-state index in [0.717, 1.165) is 46.4 Å². The highest BCUT2D eigenvalue weighted by Gasteiger charge is 2.44. The maximum Gasteiger partial charge on any atom is 0.262 e. The summed E-state index contributed by atoms with van der Waals surface area (Å²) in [6.07, 6.45) is 7.09. The molecular formula is C41H44N6O10. The van der Waals surface area contributed by atoms with Crippen LogP contribution >= 0.6 is 0 Å². The Morgan fingerprint density at radius 2 is 1.68 bits per heavy atom. The van der Waals surface area contributed by atoms with Crippen molar-refractivity contribution in [1.82, 2.24) is 30.0 Å². The number of aryl methyl sites for hydroxylation is 1. The average molecular weight is 781 g/mol. The van der Waals surface area contributed by atoms with Gasteiger partial charge in [-0.3, -0.25) is 48.9 Å². The quantitative estimate of drug-likeness (QED) is 0.141. The molecule has 5 amide bonds. The van der Waals surface area contributed by atoms with Crippen LogP contribution in [0, 0.1) is 0 Å². The van der Waals surface area contributed by atoms with Gasteiger partial charge < -0.3 is 28.8 Å². The number of methoxy groups -OCH3 is 2. The molecule has 3 aliphatic rings. The van der Waals surface area contributed by atoms with Crippen molar-refractivity contribution in [2.24, 2.45) is 7.05 Å². The van der Waals surface area contributed by atoms with Gasteiger partial charge in [0, 0.05) is 63.2 Å². The maximum absolute atomic E-state index is 13.1. The van der Waals surface area contributed by atoms with Gasteiger partial charge in [0.05, 0.1) is 49.5 Å². The van der Waals surface area contributed by atoms with Crippen molar-refractivity contribution in [3.63, 3.8) is 0 Å². The number of hydrogen-bond acceptors (Lipinski definition) is 12. The molecule has 0 spiro atoms. The first-order valence-corrected chi connectivity index (χ1v) is 18.8. The van der Waals surface area contributed by atoms with Crippen molar-refractivity contribution in [2.75, 3.05) is 47.1 Å². The second-order valence-electron chi connectivity index (χ2n) is 14.2. The first-order valence-electron chi connectivity index (χ1n) is 18.8. The average Bonchev–Trinajstić information content (AvgIpc) is 3.45. The lowest BCUT2D eigenvalue weighted by atomic mass is 9.98. The van der Waals surface area contributed by atoms with Gasteiger partial charge in [0.1, 0.15) is 29.9 Å². The van der Waals surface area contributed by atoms with Gasteiger partial charge in [-0.15, -0.1) is 0 Å². The molecule has 0 aliphatic carbocycles. The lowest BCUT2D eigenvalue weighted by Gasteiger charge is -2.33. The summed E-state index contributed by atoms with van der Waals surface area (Å²) < 4.78 is 24.7. The number of benzene rings is 2. The number of fused-ring (bicyclic) bond motifs is 2. The SMILES string of the molecule is COc1cc(-c2cn(C)c(=O)c3cnccc23)cc(OC)c1CN1CCCC(NC(=O)CCOCCOc2ccc3c(c2)C(=O)N(C2CCC(=O)NC2=O)C3=O)C1. The molecule has 2 aromatic carbocycles. The van der Waals surface area contributed by atoms with Gasteiger partial charge in [-0.25, -0.2) is 0 Å². The number of likely N-dealkylation sites (tertiary alicyclic amines) is 1. The fourth-order valence-corrected chi connectivity index (χ4v) is 7.70. The number of nitrogens with zero attached hydrogens (tertiary/aromatic N) is 4. The molecule has 2 saturated heterocycles. The summed E-state index contributed by atoms with van der Waals surface area (Å²) >= 11 is 0. The Morgan fingerprint density at radius 1 is 0.912 bits per heavy atom. The molecule has 0 radical (unpaired) electrons. The number of rotatable bonds is 14. The minimum atomic E-state index is -1.04. The van der Waals surface area contributed by atoms with Crippen molar-refractivity contribution >= 4 is 40.3 Å². The standard InChI is InChI=1S/C41H44N6O10/c1-45-22-31(27-10-12-42-20-30(27)39(45)51)24-17-34(54-2)32(35(18-24)55-3)23-46-13-4-5-25(21-46)43-37(49)11-14-56-15-16-57-26-6-7-28-29(19-26)41(53)47(40(28)52)33-8-9-36(48)44-38(33)50/h6-7,10,12,17-20,22,25,33H,4-5,8-9,11,13-16,21,23H2,1-3H3,(H,43,49)(H,44,48,50). The second kappa shape index (κ2) is 16.9. The van der Waals surface area contributed by atoms with Gasteiger partial charge in [-0.05, 0) is 73.2 Å². The molecule has 3 aliphatic heterocycles. The molecule has 2 atom stereocenters. The maximum atomic E-state index is 13.1. The number of nitrogens with one attached hydrogen (secondary N) is 2. The normalized spacial score (nSPS) is 18.4. The van der Waals surface area contributed by atoms with Crippen LogP contribution in [0.1, 0.15) is 58.4 Å². The zero-order valence-electron chi connectivity index (χ0n) is 32.0. The largest absolute Gasteiger partial charge is 0.496 e. The summed E-state index contributed by atoms with van der Waals surface area (Å²) in [4.78, 5) is 82.8. The molecule has 2 unspecified atom stereocenters. The minimum Gasteiger partial charge on any atom is -0.496 e. The molecule has 7 rings (SSSR count). The highest BCUT2D eigenvalue weighted by Crippen LogP contribution is 2.38. The Kier molecular flexibility index (Phi) is 11.6. The Morgan fingerprint density at radius 3 is 2.44 bits per heavy atom. The molecule has 2 aromatic heterocycles.